The molecule has 1 fully saturated rings. The highest BCUT2D eigenvalue weighted by Crippen LogP contribution is 2.59. The van der Waals surface area contributed by atoms with Crippen LogP contribution in [-0.2, 0) is 9.47 Å². The summed E-state index contributed by atoms with van der Waals surface area (Å²) in [5.74, 6) is 0.722. The maximum atomic E-state index is 13.4. The minimum atomic E-state index is -0.596. The number of hydrogen-bond donors (Lipinski definition) is 1. The van der Waals surface area contributed by atoms with Crippen LogP contribution in [0.4, 0.5) is 4.39 Å². The monoisotopic (exact) mass is 414 g/mol. The Morgan fingerprint density at radius 1 is 1.11 bits per heavy atom. The molecule has 0 bridgehead atoms. The van der Waals surface area contributed by atoms with E-state index in [1.807, 2.05) is 6.07 Å². The predicted octanol–water partition coefficient (Wildman–Crippen LogP) is 6.41. The highest BCUT2D eigenvalue weighted by molar-refractivity contribution is 7.78. The minimum Gasteiger partial charge on any atom is -0.504 e. The van der Waals surface area contributed by atoms with E-state index in [0.29, 0.717) is 33.2 Å². The molecule has 0 unspecified atom stereocenters. The van der Waals surface area contributed by atoms with Gasteiger partial charge < -0.3 is 14.6 Å². The molecule has 1 aliphatic heterocycles. The molecule has 0 radical (unpaired) electrons. The Bertz CT molecular complexity index is 1070. The molecule has 2 aliphatic carbocycles. The Balaban J connectivity index is 1.78. The van der Waals surface area contributed by atoms with Gasteiger partial charge in [-0.15, -0.1) is 0 Å². The Labute approximate surface area is 172 Å². The highest BCUT2D eigenvalue weighted by atomic mass is 35.5. The number of thiocarbonyl (C=S) groups is 1. The molecule has 142 valence electrons. The van der Waals surface area contributed by atoms with E-state index in [1.165, 1.54) is 17.7 Å². The molecule has 28 heavy (non-hydrogen) atoms. The van der Waals surface area contributed by atoms with Crippen LogP contribution in [0.5, 0.6) is 0 Å². The minimum absolute atomic E-state index is 0.0288. The van der Waals surface area contributed by atoms with Crippen molar-refractivity contribution in [2.75, 3.05) is 0 Å². The van der Waals surface area contributed by atoms with Crippen molar-refractivity contribution in [1.82, 2.24) is 0 Å². The van der Waals surface area contributed by atoms with Crippen LogP contribution < -0.4 is 0 Å². The van der Waals surface area contributed by atoms with Gasteiger partial charge in [0, 0.05) is 16.1 Å². The Hall–Kier alpha value is -2.37. The number of halogens is 2. The zero-order chi connectivity index (χ0) is 19.5. The number of aliphatic hydroxyl groups is 1. The van der Waals surface area contributed by atoms with Gasteiger partial charge in [0.15, 0.2) is 28.4 Å². The summed E-state index contributed by atoms with van der Waals surface area (Å²) in [6.45, 7) is 0. The summed E-state index contributed by atoms with van der Waals surface area (Å²) in [5, 5.41) is 11.6. The molecule has 1 heterocycles. The lowest BCUT2D eigenvalue weighted by Crippen LogP contribution is -2.28. The van der Waals surface area contributed by atoms with E-state index < -0.39 is 5.60 Å². The van der Waals surface area contributed by atoms with E-state index in [4.69, 9.17) is 33.3 Å². The molecule has 0 aromatic heterocycles. The fraction of sp³-hybridized carbons (Fsp3) is 0.227. The van der Waals surface area contributed by atoms with Gasteiger partial charge in [0.25, 0.3) is 0 Å². The number of ether oxygens (including phenoxy) is 2. The third kappa shape index (κ3) is 2.36. The van der Waals surface area contributed by atoms with Gasteiger partial charge in [-0.3, -0.25) is 0 Å². The first-order chi connectivity index (χ1) is 13.6. The van der Waals surface area contributed by atoms with Gasteiger partial charge in [-0.2, -0.15) is 0 Å². The molecule has 1 N–H and O–H groups in total. The van der Waals surface area contributed by atoms with E-state index in [1.54, 1.807) is 18.2 Å². The number of aliphatic hydroxyl groups excluding tert-OH is 1. The topological polar surface area (TPSA) is 38.7 Å². The maximum absolute atomic E-state index is 13.4. The molecule has 6 heteroatoms. The molecular formula is C22H16ClFO3S. The van der Waals surface area contributed by atoms with Crippen LogP contribution in [0.15, 0.2) is 47.9 Å². The van der Waals surface area contributed by atoms with Crippen molar-refractivity contribution in [3.05, 3.63) is 69.9 Å². The van der Waals surface area contributed by atoms with E-state index >= 15 is 0 Å². The molecule has 1 saturated carbocycles. The zero-order valence-electron chi connectivity index (χ0n) is 14.8. The second-order valence-electron chi connectivity index (χ2n) is 7.25. The fourth-order valence-electron chi connectivity index (χ4n) is 4.56. The SMILES string of the molecule is OC1=C2OC3(CCCC3)C(OC=S)=C2c2c(Cl)ccc(-c3ccc(F)cc3)c21. The summed E-state index contributed by atoms with van der Waals surface area (Å²) < 4.78 is 25.4. The molecule has 0 saturated heterocycles. The van der Waals surface area contributed by atoms with Crippen molar-refractivity contribution in [3.8, 4) is 11.1 Å². The summed E-state index contributed by atoms with van der Waals surface area (Å²) in [6, 6.07) is 9.72. The average molecular weight is 415 g/mol. The number of fused-ring (bicyclic) bond motifs is 3. The Kier molecular flexibility index (Phi) is 4.00. The van der Waals surface area contributed by atoms with Gasteiger partial charge in [0.05, 0.1) is 5.57 Å². The summed E-state index contributed by atoms with van der Waals surface area (Å²) in [5.41, 5.74) is 4.06. The van der Waals surface area contributed by atoms with Crippen LogP contribution >= 0.6 is 23.8 Å². The largest absolute Gasteiger partial charge is 0.504 e. The van der Waals surface area contributed by atoms with Gasteiger partial charge in [0.2, 0.25) is 0 Å². The molecule has 2 aromatic rings. The first kappa shape index (κ1) is 17.7. The molecule has 0 atom stereocenters. The lowest BCUT2D eigenvalue weighted by atomic mass is 9.92. The molecule has 3 nitrogen and oxygen atoms in total. The number of rotatable bonds is 3. The van der Waals surface area contributed by atoms with Crippen molar-refractivity contribution < 1.29 is 19.0 Å². The first-order valence-electron chi connectivity index (χ1n) is 9.12. The van der Waals surface area contributed by atoms with Crippen LogP contribution in [0.2, 0.25) is 5.02 Å². The Morgan fingerprint density at radius 3 is 2.50 bits per heavy atom. The van der Waals surface area contributed by atoms with E-state index in [9.17, 15) is 9.50 Å². The second kappa shape index (κ2) is 6.33. The predicted molar refractivity (Wildman–Crippen MR) is 110 cm³/mol. The van der Waals surface area contributed by atoms with Crippen LogP contribution in [-0.4, -0.2) is 16.3 Å². The number of benzene rings is 2. The van der Waals surface area contributed by atoms with Gasteiger partial charge in [0.1, 0.15) is 5.82 Å². The van der Waals surface area contributed by atoms with Crippen molar-refractivity contribution in [1.29, 1.82) is 0 Å². The highest BCUT2D eigenvalue weighted by Gasteiger charge is 2.53. The second-order valence-corrected chi connectivity index (χ2v) is 7.85. The van der Waals surface area contributed by atoms with Gasteiger partial charge in [-0.25, -0.2) is 4.39 Å². The summed E-state index contributed by atoms with van der Waals surface area (Å²) >= 11 is 11.5. The van der Waals surface area contributed by atoms with Gasteiger partial charge in [-0.05, 0) is 67.2 Å². The summed E-state index contributed by atoms with van der Waals surface area (Å²) in [7, 11) is 0. The average Bonchev–Trinajstić information content (AvgIpc) is 3.35. The van der Waals surface area contributed by atoms with E-state index in [0.717, 1.165) is 36.8 Å². The van der Waals surface area contributed by atoms with Crippen LogP contribution in [0.1, 0.15) is 36.8 Å². The molecule has 0 amide bonds. The van der Waals surface area contributed by atoms with E-state index in [2.05, 4.69) is 0 Å². The van der Waals surface area contributed by atoms with Crippen molar-refractivity contribution in [2.45, 2.75) is 31.3 Å². The number of hydrogen-bond acceptors (Lipinski definition) is 4. The lowest BCUT2D eigenvalue weighted by Gasteiger charge is -2.26. The fourth-order valence-corrected chi connectivity index (χ4v) is 4.91. The van der Waals surface area contributed by atoms with E-state index in [-0.39, 0.29) is 11.6 Å². The summed E-state index contributed by atoms with van der Waals surface area (Å²) in [4.78, 5) is 0. The smallest absolute Gasteiger partial charge is 0.174 e. The number of allylic oxidation sites excluding steroid dienone is 1. The van der Waals surface area contributed by atoms with Gasteiger partial charge in [-0.1, -0.05) is 29.8 Å². The van der Waals surface area contributed by atoms with Crippen LogP contribution in [0, 0.1) is 5.82 Å². The van der Waals surface area contributed by atoms with Crippen molar-refractivity contribution >= 4 is 40.7 Å². The maximum Gasteiger partial charge on any atom is 0.174 e. The quantitative estimate of drug-likeness (QED) is 0.588. The molecule has 2 aromatic carbocycles. The standard InChI is InChI=1S/C22H16ClFO3S/c23-15-8-7-14(12-3-5-13(24)6-4-12)16-17(15)18-20(19(16)25)27-22(9-1-2-10-22)21(18)26-11-28/h3-8,11,25H,1-2,9-10H2. The summed E-state index contributed by atoms with van der Waals surface area (Å²) in [6.07, 6.45) is 3.64. The molecule has 5 rings (SSSR count). The third-order valence-corrected chi connectivity index (χ3v) is 6.17. The lowest BCUT2D eigenvalue weighted by molar-refractivity contribution is 0.0360. The first-order valence-corrected chi connectivity index (χ1v) is 9.97. The molecular weight excluding hydrogens is 399 g/mol. The van der Waals surface area contributed by atoms with Crippen molar-refractivity contribution in [2.24, 2.45) is 0 Å². The van der Waals surface area contributed by atoms with Crippen molar-refractivity contribution in [3.63, 3.8) is 0 Å². The molecule has 1 spiro atoms. The zero-order valence-corrected chi connectivity index (χ0v) is 16.4. The normalized spacial score (nSPS) is 19.1. The third-order valence-electron chi connectivity index (χ3n) is 5.75. The van der Waals surface area contributed by atoms with Gasteiger partial charge >= 0.3 is 0 Å². The molecule has 3 aliphatic rings. The Morgan fingerprint density at radius 2 is 1.82 bits per heavy atom. The van der Waals surface area contributed by atoms with Crippen LogP contribution in [0.25, 0.3) is 22.5 Å². The van der Waals surface area contributed by atoms with Crippen LogP contribution in [0.3, 0.4) is 0 Å².